The van der Waals surface area contributed by atoms with Crippen molar-refractivity contribution < 1.29 is 14.3 Å². The second-order valence-corrected chi connectivity index (χ2v) is 5.69. The first kappa shape index (κ1) is 16.2. The predicted octanol–water partition coefficient (Wildman–Crippen LogP) is 3.77. The first-order valence-electron chi connectivity index (χ1n) is 7.38. The topological polar surface area (TPSA) is 63.3 Å². The third kappa shape index (κ3) is 3.16. The molecule has 0 bridgehead atoms. The molecule has 0 saturated heterocycles. The second-order valence-electron chi connectivity index (χ2n) is 5.25. The van der Waals surface area contributed by atoms with Crippen LogP contribution in [0.2, 0.25) is 5.02 Å². The Morgan fingerprint density at radius 2 is 2.00 bits per heavy atom. The van der Waals surface area contributed by atoms with Crippen molar-refractivity contribution in [2.75, 3.05) is 14.2 Å². The number of rotatable bonds is 5. The van der Waals surface area contributed by atoms with Crippen molar-refractivity contribution in [2.45, 2.75) is 6.54 Å². The molecular weight excluding hydrogens is 328 g/mol. The number of para-hydroxylation sites is 1. The van der Waals surface area contributed by atoms with Crippen LogP contribution in [0, 0.1) is 0 Å². The predicted molar refractivity (Wildman–Crippen MR) is 94.0 cm³/mol. The number of amides is 1. The first-order chi connectivity index (χ1) is 11.6. The number of ether oxygens (including phenoxy) is 2. The molecule has 1 amide bonds. The van der Waals surface area contributed by atoms with Crippen LogP contribution in [0.4, 0.5) is 0 Å². The van der Waals surface area contributed by atoms with E-state index in [-0.39, 0.29) is 5.91 Å². The Kier molecular flexibility index (Phi) is 4.62. The van der Waals surface area contributed by atoms with Gasteiger partial charge in [-0.05, 0) is 30.3 Å². The van der Waals surface area contributed by atoms with Crippen LogP contribution in [0.15, 0.2) is 42.5 Å². The average molecular weight is 345 g/mol. The second kappa shape index (κ2) is 6.84. The summed E-state index contributed by atoms with van der Waals surface area (Å²) in [5.74, 6) is 1.04. The van der Waals surface area contributed by atoms with Crippen LogP contribution in [0.5, 0.6) is 11.5 Å². The van der Waals surface area contributed by atoms with E-state index in [9.17, 15) is 4.79 Å². The van der Waals surface area contributed by atoms with Gasteiger partial charge in [0.2, 0.25) is 0 Å². The van der Waals surface area contributed by atoms with Crippen LogP contribution >= 0.6 is 11.6 Å². The zero-order valence-corrected chi connectivity index (χ0v) is 14.1. The molecule has 0 aliphatic rings. The largest absolute Gasteiger partial charge is 0.493 e. The molecule has 0 spiro atoms. The van der Waals surface area contributed by atoms with Gasteiger partial charge in [-0.25, -0.2) is 0 Å². The summed E-state index contributed by atoms with van der Waals surface area (Å²) in [6.45, 7) is 0.329. The molecule has 24 heavy (non-hydrogen) atoms. The molecule has 6 heteroatoms. The van der Waals surface area contributed by atoms with Gasteiger partial charge < -0.3 is 19.8 Å². The first-order valence-corrected chi connectivity index (χ1v) is 7.76. The number of hydrogen-bond donors (Lipinski definition) is 2. The standard InChI is InChI=1S/C18H17ClN2O3/c1-23-16-5-3-4-11(17(16)24-2)10-20-18(22)15-9-12-8-13(19)6-7-14(12)21-15/h3-9,21H,10H2,1-2H3,(H,20,22). The molecule has 2 N–H and O–H groups in total. The van der Waals surface area contributed by atoms with Gasteiger partial charge in [0.1, 0.15) is 5.69 Å². The fourth-order valence-corrected chi connectivity index (χ4v) is 2.77. The van der Waals surface area contributed by atoms with Crippen molar-refractivity contribution in [3.8, 4) is 11.5 Å². The average Bonchev–Trinajstić information content (AvgIpc) is 3.02. The number of benzene rings is 2. The minimum atomic E-state index is -0.202. The maximum Gasteiger partial charge on any atom is 0.267 e. The summed E-state index contributed by atoms with van der Waals surface area (Å²) >= 11 is 5.97. The number of carbonyl (C=O) groups excluding carboxylic acids is 1. The number of carbonyl (C=O) groups is 1. The van der Waals surface area contributed by atoms with E-state index < -0.39 is 0 Å². The molecule has 0 saturated carbocycles. The molecule has 1 heterocycles. The Balaban J connectivity index is 1.77. The third-order valence-corrected chi connectivity index (χ3v) is 3.99. The van der Waals surface area contributed by atoms with Gasteiger partial charge in [0.05, 0.1) is 14.2 Å². The lowest BCUT2D eigenvalue weighted by molar-refractivity contribution is 0.0946. The highest BCUT2D eigenvalue weighted by Crippen LogP contribution is 2.30. The molecule has 0 radical (unpaired) electrons. The molecule has 3 rings (SSSR count). The van der Waals surface area contributed by atoms with E-state index in [4.69, 9.17) is 21.1 Å². The number of halogens is 1. The van der Waals surface area contributed by atoms with E-state index in [0.29, 0.717) is 28.8 Å². The number of nitrogens with one attached hydrogen (secondary N) is 2. The monoisotopic (exact) mass is 344 g/mol. The molecule has 0 aliphatic heterocycles. The van der Waals surface area contributed by atoms with Crippen molar-refractivity contribution in [1.82, 2.24) is 10.3 Å². The Bertz CT molecular complexity index is 889. The van der Waals surface area contributed by atoms with E-state index in [1.807, 2.05) is 30.3 Å². The highest BCUT2D eigenvalue weighted by molar-refractivity contribution is 6.31. The number of aromatic amines is 1. The van der Waals surface area contributed by atoms with Crippen LogP contribution in [-0.2, 0) is 6.54 Å². The van der Waals surface area contributed by atoms with Gasteiger partial charge in [-0.2, -0.15) is 0 Å². The summed E-state index contributed by atoms with van der Waals surface area (Å²) < 4.78 is 10.6. The van der Waals surface area contributed by atoms with Crippen molar-refractivity contribution in [3.05, 3.63) is 58.7 Å². The number of methoxy groups -OCH3 is 2. The molecule has 1 aromatic heterocycles. The van der Waals surface area contributed by atoms with E-state index in [1.165, 1.54) is 0 Å². The summed E-state index contributed by atoms with van der Waals surface area (Å²) in [5.41, 5.74) is 2.18. The quantitative estimate of drug-likeness (QED) is 0.740. The van der Waals surface area contributed by atoms with E-state index in [2.05, 4.69) is 10.3 Å². The highest BCUT2D eigenvalue weighted by atomic mass is 35.5. The van der Waals surface area contributed by atoms with Crippen molar-refractivity contribution in [3.63, 3.8) is 0 Å². The number of hydrogen-bond acceptors (Lipinski definition) is 3. The molecule has 5 nitrogen and oxygen atoms in total. The van der Waals surface area contributed by atoms with Gasteiger partial charge in [-0.1, -0.05) is 23.7 Å². The fourth-order valence-electron chi connectivity index (χ4n) is 2.59. The van der Waals surface area contributed by atoms with Gasteiger partial charge >= 0.3 is 0 Å². The molecule has 2 aromatic carbocycles. The normalized spacial score (nSPS) is 10.6. The Morgan fingerprint density at radius 3 is 2.75 bits per heavy atom. The van der Waals surface area contributed by atoms with E-state index >= 15 is 0 Å². The zero-order valence-electron chi connectivity index (χ0n) is 13.4. The van der Waals surface area contributed by atoms with Crippen LogP contribution in [0.1, 0.15) is 16.1 Å². The zero-order chi connectivity index (χ0) is 17.1. The SMILES string of the molecule is COc1cccc(CNC(=O)c2cc3cc(Cl)ccc3[nH]2)c1OC. The lowest BCUT2D eigenvalue weighted by Crippen LogP contribution is -2.23. The van der Waals surface area contributed by atoms with Gasteiger partial charge in [0, 0.05) is 28.0 Å². The van der Waals surface area contributed by atoms with Crippen LogP contribution in [0.3, 0.4) is 0 Å². The molecule has 0 atom stereocenters. The summed E-state index contributed by atoms with van der Waals surface area (Å²) in [6.07, 6.45) is 0. The number of H-pyrrole nitrogens is 1. The smallest absolute Gasteiger partial charge is 0.267 e. The lowest BCUT2D eigenvalue weighted by atomic mass is 10.2. The molecule has 0 aliphatic carbocycles. The molecule has 124 valence electrons. The van der Waals surface area contributed by atoms with Gasteiger partial charge in [0.25, 0.3) is 5.91 Å². The lowest BCUT2D eigenvalue weighted by Gasteiger charge is -2.12. The molecule has 0 fully saturated rings. The van der Waals surface area contributed by atoms with Crippen molar-refractivity contribution in [1.29, 1.82) is 0 Å². The van der Waals surface area contributed by atoms with Crippen molar-refractivity contribution in [2.24, 2.45) is 0 Å². The summed E-state index contributed by atoms with van der Waals surface area (Å²) in [4.78, 5) is 15.5. The van der Waals surface area contributed by atoms with Crippen LogP contribution in [-0.4, -0.2) is 25.1 Å². The van der Waals surface area contributed by atoms with Crippen molar-refractivity contribution >= 4 is 28.4 Å². The Morgan fingerprint density at radius 1 is 1.17 bits per heavy atom. The van der Waals surface area contributed by atoms with E-state index in [0.717, 1.165) is 16.5 Å². The summed E-state index contributed by atoms with van der Waals surface area (Å²) in [6, 6.07) is 12.8. The van der Waals surface area contributed by atoms with Gasteiger partial charge in [0.15, 0.2) is 11.5 Å². The third-order valence-electron chi connectivity index (χ3n) is 3.75. The molecule has 0 unspecified atom stereocenters. The highest BCUT2D eigenvalue weighted by Gasteiger charge is 2.13. The Hall–Kier alpha value is -2.66. The van der Waals surface area contributed by atoms with Gasteiger partial charge in [-0.3, -0.25) is 4.79 Å². The van der Waals surface area contributed by atoms with E-state index in [1.54, 1.807) is 26.4 Å². The maximum atomic E-state index is 12.4. The minimum absolute atomic E-state index is 0.202. The molecular formula is C18H17ClN2O3. The van der Waals surface area contributed by atoms with Crippen LogP contribution in [0.25, 0.3) is 10.9 Å². The summed E-state index contributed by atoms with van der Waals surface area (Å²) in [5, 5.41) is 4.41. The van der Waals surface area contributed by atoms with Crippen LogP contribution < -0.4 is 14.8 Å². The van der Waals surface area contributed by atoms with Gasteiger partial charge in [-0.15, -0.1) is 0 Å². The Labute approximate surface area is 144 Å². The molecule has 3 aromatic rings. The minimum Gasteiger partial charge on any atom is -0.493 e. The fraction of sp³-hybridized carbons (Fsp3) is 0.167. The maximum absolute atomic E-state index is 12.4. The number of fused-ring (bicyclic) bond motifs is 1. The summed E-state index contributed by atoms with van der Waals surface area (Å²) in [7, 11) is 3.15. The number of aromatic nitrogens is 1.